The van der Waals surface area contributed by atoms with E-state index in [1.165, 1.54) is 23.1 Å². The van der Waals surface area contributed by atoms with E-state index in [1.54, 1.807) is 11.5 Å². The highest BCUT2D eigenvalue weighted by molar-refractivity contribution is 8.00. The van der Waals surface area contributed by atoms with Gasteiger partial charge in [0.05, 0.1) is 27.8 Å². The molecule has 1 saturated heterocycles. The number of amides is 1. The Morgan fingerprint density at radius 2 is 2.00 bits per heavy atom. The molecular formula is C22H23N3O4S3. The van der Waals surface area contributed by atoms with Gasteiger partial charge >= 0.3 is 0 Å². The van der Waals surface area contributed by atoms with E-state index in [9.17, 15) is 18.0 Å². The number of hydrogen-bond donors (Lipinski definition) is 1. The fourth-order valence-corrected chi connectivity index (χ4v) is 7.68. The highest BCUT2D eigenvalue weighted by Gasteiger charge is 2.32. The van der Waals surface area contributed by atoms with Gasteiger partial charge in [0.1, 0.15) is 4.83 Å². The largest absolute Gasteiger partial charge is 0.351 e. The summed E-state index contributed by atoms with van der Waals surface area (Å²) in [6.45, 7) is 1.75. The van der Waals surface area contributed by atoms with Crippen LogP contribution in [0.4, 0.5) is 0 Å². The number of benzene rings is 1. The first-order chi connectivity index (χ1) is 15.3. The van der Waals surface area contributed by atoms with Gasteiger partial charge in [-0.25, -0.2) is 13.4 Å². The number of carbonyl (C=O) groups is 1. The summed E-state index contributed by atoms with van der Waals surface area (Å²) < 4.78 is 25.0. The third kappa shape index (κ3) is 4.23. The number of carbonyl (C=O) groups excluding carboxylic acids is 1. The molecular weight excluding hydrogens is 466 g/mol. The van der Waals surface area contributed by atoms with Crippen molar-refractivity contribution in [2.75, 3.05) is 11.5 Å². The molecule has 2 fully saturated rings. The monoisotopic (exact) mass is 489 g/mol. The molecule has 1 aromatic carbocycles. The van der Waals surface area contributed by atoms with Crippen molar-refractivity contribution in [3.63, 3.8) is 0 Å². The minimum absolute atomic E-state index is 0.0196. The summed E-state index contributed by atoms with van der Waals surface area (Å²) >= 11 is 2.69. The van der Waals surface area contributed by atoms with E-state index in [0.717, 1.165) is 18.4 Å². The molecule has 2 aliphatic rings. The predicted octanol–water partition coefficient (Wildman–Crippen LogP) is 3.11. The molecule has 2 atom stereocenters. The summed E-state index contributed by atoms with van der Waals surface area (Å²) in [5, 5.41) is 5.48. The first-order valence-corrected chi connectivity index (χ1v) is 14.2. The maximum Gasteiger partial charge on any atom is 0.267 e. The number of thiophene rings is 1. The molecule has 0 unspecified atom stereocenters. The van der Waals surface area contributed by atoms with Crippen LogP contribution in [0, 0.1) is 0 Å². The fourth-order valence-electron chi connectivity index (χ4n) is 4.01. The average molecular weight is 490 g/mol. The van der Waals surface area contributed by atoms with Gasteiger partial charge in [0, 0.05) is 6.04 Å². The summed E-state index contributed by atoms with van der Waals surface area (Å²) in [5.41, 5.74) is 1.68. The zero-order chi connectivity index (χ0) is 22.5. The van der Waals surface area contributed by atoms with Crippen LogP contribution in [0.15, 0.2) is 45.7 Å². The Labute approximate surface area is 194 Å². The van der Waals surface area contributed by atoms with Crippen LogP contribution in [-0.2, 0) is 14.6 Å². The number of nitrogens with one attached hydrogen (secondary N) is 1. The number of para-hydroxylation sites is 1. The second kappa shape index (κ2) is 8.31. The van der Waals surface area contributed by atoms with Gasteiger partial charge in [-0.1, -0.05) is 30.0 Å². The fraction of sp³-hybridized carbons (Fsp3) is 0.409. The van der Waals surface area contributed by atoms with Crippen molar-refractivity contribution in [1.82, 2.24) is 14.9 Å². The standard InChI is InChI=1S/C22H23N3O4S3/c1-13(19(26)23-15-9-10-32(28,29)12-15)31-22-24-20-18(17(11-30-20)14-7-8-14)21(27)25(22)16-5-3-2-4-6-16/h2-6,11,13-15H,7-10,12H2,1H3,(H,23,26)/t13-,15-/m1/s1. The Morgan fingerprint density at radius 3 is 2.66 bits per heavy atom. The Morgan fingerprint density at radius 1 is 1.25 bits per heavy atom. The summed E-state index contributed by atoms with van der Waals surface area (Å²) in [6, 6.07) is 8.98. The number of sulfone groups is 1. The molecule has 0 radical (unpaired) electrons. The number of fused-ring (bicyclic) bond motifs is 1. The molecule has 1 saturated carbocycles. The van der Waals surface area contributed by atoms with Crippen molar-refractivity contribution in [2.45, 2.75) is 48.6 Å². The molecule has 168 valence electrons. The second-order valence-corrected chi connectivity index (χ2v) is 12.8. The van der Waals surface area contributed by atoms with Crippen LogP contribution in [0.1, 0.15) is 37.7 Å². The van der Waals surface area contributed by atoms with Crippen LogP contribution in [-0.4, -0.2) is 46.7 Å². The molecule has 1 aliphatic heterocycles. The Bertz CT molecular complexity index is 1340. The summed E-state index contributed by atoms with van der Waals surface area (Å²) in [6.07, 6.45) is 2.63. The van der Waals surface area contributed by atoms with Crippen LogP contribution in [0.3, 0.4) is 0 Å². The Balaban J connectivity index is 1.49. The van der Waals surface area contributed by atoms with E-state index in [4.69, 9.17) is 4.98 Å². The summed E-state index contributed by atoms with van der Waals surface area (Å²) in [5.74, 6) is 0.269. The van der Waals surface area contributed by atoms with E-state index in [-0.39, 0.29) is 29.0 Å². The molecule has 5 rings (SSSR count). The summed E-state index contributed by atoms with van der Waals surface area (Å²) in [4.78, 5) is 31.9. The van der Waals surface area contributed by atoms with Gasteiger partial charge < -0.3 is 5.32 Å². The molecule has 10 heteroatoms. The average Bonchev–Trinajstić information content (AvgIpc) is 3.42. The smallest absolute Gasteiger partial charge is 0.267 e. The third-order valence-corrected chi connectivity index (χ3v) is 9.58. The van der Waals surface area contributed by atoms with Crippen molar-refractivity contribution in [2.24, 2.45) is 0 Å². The molecule has 32 heavy (non-hydrogen) atoms. The highest BCUT2D eigenvalue weighted by Crippen LogP contribution is 2.44. The molecule has 1 aliphatic carbocycles. The normalized spacial score (nSPS) is 21.0. The molecule has 3 heterocycles. The maximum absolute atomic E-state index is 13.6. The lowest BCUT2D eigenvalue weighted by Gasteiger charge is -2.18. The minimum Gasteiger partial charge on any atom is -0.351 e. The number of nitrogens with zero attached hydrogens (tertiary/aromatic N) is 2. The van der Waals surface area contributed by atoms with Gasteiger partial charge in [-0.05, 0) is 55.2 Å². The number of rotatable bonds is 6. The Kier molecular flexibility index (Phi) is 5.63. The lowest BCUT2D eigenvalue weighted by Crippen LogP contribution is -2.40. The van der Waals surface area contributed by atoms with E-state index in [0.29, 0.717) is 33.4 Å². The van der Waals surface area contributed by atoms with Gasteiger partial charge in [-0.3, -0.25) is 14.2 Å². The van der Waals surface area contributed by atoms with Gasteiger partial charge in [0.2, 0.25) is 5.91 Å². The molecule has 7 nitrogen and oxygen atoms in total. The number of aromatic nitrogens is 2. The van der Waals surface area contributed by atoms with E-state index >= 15 is 0 Å². The quantitative estimate of drug-likeness (QED) is 0.422. The molecule has 2 aromatic heterocycles. The molecule has 3 aromatic rings. The van der Waals surface area contributed by atoms with Gasteiger partial charge in [0.25, 0.3) is 5.56 Å². The van der Waals surface area contributed by atoms with Crippen LogP contribution < -0.4 is 10.9 Å². The van der Waals surface area contributed by atoms with Crippen LogP contribution >= 0.6 is 23.1 Å². The van der Waals surface area contributed by atoms with Gasteiger partial charge in [-0.2, -0.15) is 0 Å². The van der Waals surface area contributed by atoms with E-state index in [2.05, 4.69) is 5.32 Å². The number of hydrogen-bond acceptors (Lipinski definition) is 7. The second-order valence-electron chi connectivity index (χ2n) is 8.38. The van der Waals surface area contributed by atoms with Crippen molar-refractivity contribution in [3.8, 4) is 5.69 Å². The van der Waals surface area contributed by atoms with Crippen molar-refractivity contribution in [3.05, 3.63) is 51.6 Å². The third-order valence-electron chi connectivity index (χ3n) is 5.87. The van der Waals surface area contributed by atoms with Crippen LogP contribution in [0.2, 0.25) is 0 Å². The molecule has 0 spiro atoms. The first-order valence-electron chi connectivity index (χ1n) is 10.6. The lowest BCUT2D eigenvalue weighted by atomic mass is 10.1. The predicted molar refractivity (Wildman–Crippen MR) is 128 cm³/mol. The summed E-state index contributed by atoms with van der Waals surface area (Å²) in [7, 11) is -3.08. The van der Waals surface area contributed by atoms with Crippen molar-refractivity contribution >= 4 is 49.1 Å². The van der Waals surface area contributed by atoms with Gasteiger partial charge in [0.15, 0.2) is 15.0 Å². The zero-order valence-corrected chi connectivity index (χ0v) is 19.9. The number of thioether (sulfide) groups is 1. The topological polar surface area (TPSA) is 98.1 Å². The van der Waals surface area contributed by atoms with Gasteiger partial charge in [-0.15, -0.1) is 11.3 Å². The van der Waals surface area contributed by atoms with Crippen molar-refractivity contribution < 1.29 is 13.2 Å². The van der Waals surface area contributed by atoms with E-state index < -0.39 is 15.1 Å². The van der Waals surface area contributed by atoms with Crippen LogP contribution in [0.5, 0.6) is 0 Å². The zero-order valence-electron chi connectivity index (χ0n) is 17.5. The molecule has 1 N–H and O–H groups in total. The Hall–Kier alpha value is -2.17. The SMILES string of the molecule is C[C@@H](Sc1nc2scc(C3CC3)c2c(=O)n1-c1ccccc1)C(=O)N[C@@H]1CCS(=O)(=O)C1. The maximum atomic E-state index is 13.6. The minimum atomic E-state index is -3.08. The molecule has 1 amide bonds. The van der Waals surface area contributed by atoms with Crippen molar-refractivity contribution in [1.29, 1.82) is 0 Å². The molecule has 0 bridgehead atoms. The van der Waals surface area contributed by atoms with Crippen LogP contribution in [0.25, 0.3) is 15.9 Å². The van der Waals surface area contributed by atoms with E-state index in [1.807, 2.05) is 35.7 Å². The highest BCUT2D eigenvalue weighted by atomic mass is 32.2. The first kappa shape index (κ1) is 21.7. The lowest BCUT2D eigenvalue weighted by molar-refractivity contribution is -0.120.